The zero-order valence-corrected chi connectivity index (χ0v) is 13.2. The van der Waals surface area contributed by atoms with E-state index in [4.69, 9.17) is 5.26 Å². The molecule has 0 N–H and O–H groups in total. The quantitative estimate of drug-likeness (QED) is 0.753. The van der Waals surface area contributed by atoms with Crippen LogP contribution in [-0.4, -0.2) is 11.0 Å². The first kappa shape index (κ1) is 13.8. The fourth-order valence-electron chi connectivity index (χ4n) is 2.89. The second-order valence-corrected chi connectivity index (χ2v) is 5.93. The molecule has 0 radical (unpaired) electrons. The highest BCUT2D eigenvalue weighted by Crippen LogP contribution is 2.46. The van der Waals surface area contributed by atoms with Crippen molar-refractivity contribution in [3.63, 3.8) is 0 Å². The first-order valence-electron chi connectivity index (χ1n) is 6.78. The Balaban J connectivity index is 2.13. The zero-order valence-electron chi connectivity index (χ0n) is 11.6. The van der Waals surface area contributed by atoms with E-state index < -0.39 is 0 Å². The van der Waals surface area contributed by atoms with Crippen LogP contribution in [0.15, 0.2) is 59.2 Å². The average Bonchev–Trinajstić information content (AvgIpc) is 2.77. The van der Waals surface area contributed by atoms with Gasteiger partial charge in [-0.15, -0.1) is 0 Å². The van der Waals surface area contributed by atoms with Crippen molar-refractivity contribution in [3.8, 4) is 6.07 Å². The summed E-state index contributed by atoms with van der Waals surface area (Å²) in [4.78, 5) is 6.70. The number of fused-ring (bicyclic) bond motifs is 1. The number of allylic oxidation sites excluding steroid dienone is 1. The summed E-state index contributed by atoms with van der Waals surface area (Å²) in [7, 11) is 0. The topological polar surface area (TPSA) is 39.9 Å². The van der Waals surface area contributed by atoms with Crippen LogP contribution < -0.4 is 4.90 Å². The predicted molar refractivity (Wildman–Crippen MR) is 87.5 cm³/mol. The maximum Gasteiger partial charge on any atom is 0.133 e. The third-order valence-electron chi connectivity index (χ3n) is 3.81. The Kier molecular flexibility index (Phi) is 3.76. The Hall–Kier alpha value is -2.12. The number of benzene rings is 1. The van der Waals surface area contributed by atoms with Crippen LogP contribution in [0.5, 0.6) is 0 Å². The van der Waals surface area contributed by atoms with Crippen molar-refractivity contribution < 1.29 is 0 Å². The van der Waals surface area contributed by atoms with Crippen molar-refractivity contribution in [2.75, 3.05) is 4.90 Å². The van der Waals surface area contributed by atoms with E-state index in [0.29, 0.717) is 0 Å². The Morgan fingerprint density at radius 3 is 2.90 bits per heavy atom. The van der Waals surface area contributed by atoms with E-state index in [1.54, 1.807) is 12.3 Å². The van der Waals surface area contributed by atoms with Crippen molar-refractivity contribution in [3.05, 3.63) is 64.8 Å². The minimum Gasteiger partial charge on any atom is -0.322 e. The number of nitriles is 1. The van der Waals surface area contributed by atoms with Crippen molar-refractivity contribution >= 4 is 27.4 Å². The molecule has 1 aromatic heterocycles. The Bertz CT molecular complexity index is 719. The van der Waals surface area contributed by atoms with Gasteiger partial charge in [-0.3, -0.25) is 0 Å². The fraction of sp³-hybridized carbons (Fsp3) is 0.176. The lowest BCUT2D eigenvalue weighted by Gasteiger charge is -2.25. The Morgan fingerprint density at radius 2 is 2.19 bits per heavy atom. The largest absolute Gasteiger partial charge is 0.322 e. The van der Waals surface area contributed by atoms with Crippen molar-refractivity contribution in [2.24, 2.45) is 0 Å². The molecule has 2 atom stereocenters. The van der Waals surface area contributed by atoms with Crippen molar-refractivity contribution in [1.82, 2.24) is 4.98 Å². The number of halogens is 1. The van der Waals surface area contributed by atoms with E-state index in [-0.39, 0.29) is 12.0 Å². The van der Waals surface area contributed by atoms with Gasteiger partial charge in [-0.05, 0) is 36.8 Å². The van der Waals surface area contributed by atoms with E-state index >= 15 is 0 Å². The van der Waals surface area contributed by atoms with Gasteiger partial charge in [-0.2, -0.15) is 5.26 Å². The van der Waals surface area contributed by atoms with E-state index in [0.717, 1.165) is 16.0 Å². The van der Waals surface area contributed by atoms with E-state index in [2.05, 4.69) is 50.9 Å². The van der Waals surface area contributed by atoms with Crippen LogP contribution in [0.1, 0.15) is 18.4 Å². The van der Waals surface area contributed by atoms with Gasteiger partial charge in [-0.1, -0.05) is 34.1 Å². The van der Waals surface area contributed by atoms with Crippen LogP contribution in [0.2, 0.25) is 0 Å². The molecule has 0 saturated heterocycles. The molecule has 0 bridgehead atoms. The molecule has 0 fully saturated rings. The number of anilines is 2. The molecule has 4 heteroatoms. The molecule has 0 amide bonds. The van der Waals surface area contributed by atoms with Crippen LogP contribution in [-0.2, 0) is 0 Å². The van der Waals surface area contributed by atoms with E-state index in [1.807, 2.05) is 30.3 Å². The first-order chi connectivity index (χ1) is 10.2. The summed E-state index contributed by atoms with van der Waals surface area (Å²) in [6.45, 7) is 2.16. The zero-order chi connectivity index (χ0) is 14.8. The number of nitrogens with zero attached hydrogens (tertiary/aromatic N) is 3. The summed E-state index contributed by atoms with van der Waals surface area (Å²) in [6, 6.07) is 14.5. The van der Waals surface area contributed by atoms with Crippen LogP contribution >= 0.6 is 15.9 Å². The molecule has 2 unspecified atom stereocenters. The maximum atomic E-state index is 8.82. The molecule has 104 valence electrons. The normalized spacial score (nSPS) is 20.5. The molecule has 1 aliphatic rings. The maximum absolute atomic E-state index is 8.82. The highest BCUT2D eigenvalue weighted by Gasteiger charge is 2.35. The van der Waals surface area contributed by atoms with Gasteiger partial charge in [-0.25, -0.2) is 4.98 Å². The molecular weight excluding hydrogens is 326 g/mol. The van der Waals surface area contributed by atoms with Gasteiger partial charge in [0.15, 0.2) is 0 Å². The summed E-state index contributed by atoms with van der Waals surface area (Å²) < 4.78 is 1.04. The van der Waals surface area contributed by atoms with E-state index in [1.165, 1.54) is 5.56 Å². The number of hydrogen-bond donors (Lipinski definition) is 0. The molecule has 3 rings (SSSR count). The smallest absolute Gasteiger partial charge is 0.133 e. The SMILES string of the molecule is CC1C(/C=C\C#N)c2ccc(Br)cc2N1c1ccccn1. The minimum absolute atomic E-state index is 0.190. The number of pyridine rings is 1. The van der Waals surface area contributed by atoms with Gasteiger partial charge >= 0.3 is 0 Å². The van der Waals surface area contributed by atoms with E-state index in [9.17, 15) is 0 Å². The third kappa shape index (κ3) is 2.45. The Morgan fingerprint density at radius 1 is 1.33 bits per heavy atom. The third-order valence-corrected chi connectivity index (χ3v) is 4.31. The van der Waals surface area contributed by atoms with Gasteiger partial charge < -0.3 is 4.90 Å². The number of rotatable bonds is 2. The molecule has 21 heavy (non-hydrogen) atoms. The minimum atomic E-state index is 0.190. The number of hydrogen-bond acceptors (Lipinski definition) is 3. The van der Waals surface area contributed by atoms with Crippen molar-refractivity contribution in [2.45, 2.75) is 18.9 Å². The summed E-state index contributed by atoms with van der Waals surface area (Å²) in [5.74, 6) is 1.12. The molecular formula is C17H14BrN3. The standard InChI is InChI=1S/C17H14BrN3/c1-12-14(5-4-9-19)15-8-7-13(18)11-16(15)21(12)17-6-2-3-10-20-17/h2-8,10-12,14H,1H3/b5-4-. The van der Waals surface area contributed by atoms with Gasteiger partial charge in [0.25, 0.3) is 0 Å². The average molecular weight is 340 g/mol. The van der Waals surface area contributed by atoms with Crippen LogP contribution in [0.3, 0.4) is 0 Å². The molecule has 3 nitrogen and oxygen atoms in total. The molecule has 0 spiro atoms. The monoisotopic (exact) mass is 339 g/mol. The molecule has 0 aliphatic carbocycles. The molecule has 1 aliphatic heterocycles. The summed E-state index contributed by atoms with van der Waals surface area (Å²) >= 11 is 3.54. The fourth-order valence-corrected chi connectivity index (χ4v) is 3.24. The predicted octanol–water partition coefficient (Wildman–Crippen LogP) is 4.55. The highest BCUT2D eigenvalue weighted by molar-refractivity contribution is 9.10. The molecule has 2 heterocycles. The summed E-state index contributed by atoms with van der Waals surface area (Å²) in [5, 5.41) is 8.82. The lowest BCUT2D eigenvalue weighted by Crippen LogP contribution is -2.26. The molecule has 1 aromatic carbocycles. The van der Waals surface area contributed by atoms with Crippen LogP contribution in [0.25, 0.3) is 0 Å². The summed E-state index contributed by atoms with van der Waals surface area (Å²) in [6.07, 6.45) is 5.34. The van der Waals surface area contributed by atoms with Gasteiger partial charge in [0, 0.05) is 34.4 Å². The highest BCUT2D eigenvalue weighted by atomic mass is 79.9. The van der Waals surface area contributed by atoms with Gasteiger partial charge in [0.2, 0.25) is 0 Å². The second kappa shape index (κ2) is 5.71. The van der Waals surface area contributed by atoms with Gasteiger partial charge in [0.1, 0.15) is 5.82 Å². The van der Waals surface area contributed by atoms with Crippen LogP contribution in [0.4, 0.5) is 11.5 Å². The van der Waals surface area contributed by atoms with Crippen LogP contribution in [0, 0.1) is 11.3 Å². The lowest BCUT2D eigenvalue weighted by molar-refractivity contribution is 0.684. The molecule has 2 aromatic rings. The Labute approximate surface area is 132 Å². The summed E-state index contributed by atoms with van der Waals surface area (Å²) in [5.41, 5.74) is 2.37. The first-order valence-corrected chi connectivity index (χ1v) is 7.57. The molecule has 0 saturated carbocycles. The second-order valence-electron chi connectivity index (χ2n) is 5.02. The number of aromatic nitrogens is 1. The lowest BCUT2D eigenvalue weighted by atomic mass is 9.95. The van der Waals surface area contributed by atoms with Gasteiger partial charge in [0.05, 0.1) is 6.07 Å². The van der Waals surface area contributed by atoms with Crippen molar-refractivity contribution in [1.29, 1.82) is 5.26 Å².